The van der Waals surface area contributed by atoms with Crippen LogP contribution in [0.3, 0.4) is 0 Å². The lowest BCUT2D eigenvalue weighted by molar-refractivity contribution is -0.0319. The molecule has 0 amide bonds. The van der Waals surface area contributed by atoms with Crippen molar-refractivity contribution >= 4 is 15.9 Å². The van der Waals surface area contributed by atoms with Crippen molar-refractivity contribution in [2.24, 2.45) is 0 Å². The maximum atomic E-state index is 13.2. The molecule has 0 radical (unpaired) electrons. The summed E-state index contributed by atoms with van der Waals surface area (Å²) in [5, 5.41) is 0. The van der Waals surface area contributed by atoms with E-state index in [1.165, 1.54) is 6.07 Å². The molecule has 0 heterocycles. The van der Waals surface area contributed by atoms with E-state index in [9.17, 15) is 4.39 Å². The summed E-state index contributed by atoms with van der Waals surface area (Å²) < 4.78 is 19.4. The van der Waals surface area contributed by atoms with Gasteiger partial charge in [-0.3, -0.25) is 0 Å². The van der Waals surface area contributed by atoms with Crippen LogP contribution in [0.4, 0.5) is 4.39 Å². The molecule has 1 aromatic rings. The third-order valence-electron chi connectivity index (χ3n) is 2.50. The van der Waals surface area contributed by atoms with Crippen molar-refractivity contribution in [2.45, 2.75) is 39.4 Å². The van der Waals surface area contributed by atoms with Crippen molar-refractivity contribution in [2.75, 3.05) is 0 Å². The van der Waals surface area contributed by atoms with E-state index in [4.69, 9.17) is 4.74 Å². The van der Waals surface area contributed by atoms with E-state index < -0.39 is 0 Å². The highest BCUT2D eigenvalue weighted by Crippen LogP contribution is 2.23. The normalized spacial score (nSPS) is 11.8. The Morgan fingerprint density at radius 3 is 2.67 bits per heavy atom. The zero-order valence-electron chi connectivity index (χ0n) is 9.31. The molecule has 0 spiro atoms. The van der Waals surface area contributed by atoms with Crippen LogP contribution in [0.2, 0.25) is 0 Å². The van der Waals surface area contributed by atoms with E-state index in [0.717, 1.165) is 12.0 Å². The lowest BCUT2D eigenvalue weighted by Crippen LogP contribution is -2.22. The van der Waals surface area contributed by atoms with Crippen LogP contribution in [0.5, 0.6) is 0 Å². The number of benzene rings is 1. The van der Waals surface area contributed by atoms with Crippen LogP contribution in [0.1, 0.15) is 32.8 Å². The molecule has 0 fully saturated rings. The summed E-state index contributed by atoms with van der Waals surface area (Å²) in [7, 11) is 0. The summed E-state index contributed by atoms with van der Waals surface area (Å²) in [6.45, 7) is 6.56. The number of halogens is 2. The number of hydrogen-bond donors (Lipinski definition) is 0. The van der Waals surface area contributed by atoms with E-state index >= 15 is 0 Å². The molecule has 1 aromatic carbocycles. The second kappa shape index (κ2) is 5.08. The molecular weight excluding hydrogens is 259 g/mol. The van der Waals surface area contributed by atoms with Gasteiger partial charge in [0.1, 0.15) is 5.82 Å². The van der Waals surface area contributed by atoms with Crippen molar-refractivity contribution in [3.63, 3.8) is 0 Å². The van der Waals surface area contributed by atoms with Crippen molar-refractivity contribution in [1.29, 1.82) is 0 Å². The average Bonchev–Trinajstić information content (AvgIpc) is 2.20. The Kier molecular flexibility index (Phi) is 4.29. The van der Waals surface area contributed by atoms with E-state index in [-0.39, 0.29) is 11.4 Å². The highest BCUT2D eigenvalue weighted by atomic mass is 79.9. The van der Waals surface area contributed by atoms with Gasteiger partial charge >= 0.3 is 0 Å². The summed E-state index contributed by atoms with van der Waals surface area (Å²) >= 11 is 3.21. The van der Waals surface area contributed by atoms with Gasteiger partial charge in [-0.05, 0) is 47.8 Å². The molecule has 1 nitrogen and oxygen atoms in total. The first kappa shape index (κ1) is 12.7. The highest BCUT2D eigenvalue weighted by molar-refractivity contribution is 9.10. The molecule has 0 aliphatic heterocycles. The molecule has 3 heteroatoms. The summed E-state index contributed by atoms with van der Waals surface area (Å²) in [5.74, 6) is -0.245. The topological polar surface area (TPSA) is 9.23 Å². The Balaban J connectivity index is 2.70. The van der Waals surface area contributed by atoms with Gasteiger partial charge in [-0.25, -0.2) is 4.39 Å². The van der Waals surface area contributed by atoms with Crippen molar-refractivity contribution in [3.8, 4) is 0 Å². The molecule has 84 valence electrons. The van der Waals surface area contributed by atoms with Crippen molar-refractivity contribution in [1.82, 2.24) is 0 Å². The van der Waals surface area contributed by atoms with Crippen LogP contribution in [-0.2, 0) is 11.3 Å². The highest BCUT2D eigenvalue weighted by Gasteiger charge is 2.16. The van der Waals surface area contributed by atoms with Gasteiger partial charge in [-0.15, -0.1) is 0 Å². The summed E-state index contributed by atoms with van der Waals surface area (Å²) in [6, 6.07) is 4.98. The van der Waals surface area contributed by atoms with Crippen LogP contribution < -0.4 is 0 Å². The molecule has 0 aromatic heterocycles. The van der Waals surface area contributed by atoms with Gasteiger partial charge in [0.25, 0.3) is 0 Å². The lowest BCUT2D eigenvalue weighted by atomic mass is 10.1. The zero-order valence-corrected chi connectivity index (χ0v) is 10.9. The fourth-order valence-electron chi connectivity index (χ4n) is 1.04. The van der Waals surface area contributed by atoms with Crippen LogP contribution in [0.15, 0.2) is 22.7 Å². The lowest BCUT2D eigenvalue weighted by Gasteiger charge is -2.23. The van der Waals surface area contributed by atoms with Gasteiger partial charge in [0.15, 0.2) is 0 Å². The quantitative estimate of drug-likeness (QED) is 0.796. The molecule has 15 heavy (non-hydrogen) atoms. The summed E-state index contributed by atoms with van der Waals surface area (Å²) in [4.78, 5) is 0. The van der Waals surface area contributed by atoms with Crippen molar-refractivity contribution in [3.05, 3.63) is 34.1 Å². The van der Waals surface area contributed by atoms with Gasteiger partial charge in [0.05, 0.1) is 16.7 Å². The smallest absolute Gasteiger partial charge is 0.137 e. The van der Waals surface area contributed by atoms with Gasteiger partial charge in [-0.1, -0.05) is 19.1 Å². The Morgan fingerprint density at radius 2 is 2.07 bits per heavy atom. The van der Waals surface area contributed by atoms with E-state index in [1.807, 2.05) is 19.9 Å². The Bertz CT molecular complexity index is 336. The van der Waals surface area contributed by atoms with Gasteiger partial charge in [-0.2, -0.15) is 0 Å². The first-order valence-corrected chi connectivity index (χ1v) is 5.82. The minimum atomic E-state index is -0.245. The Hall–Kier alpha value is -0.410. The molecule has 0 saturated heterocycles. The predicted octanol–water partition coefficient (Wildman–Crippen LogP) is 4.29. The Morgan fingerprint density at radius 1 is 1.40 bits per heavy atom. The average molecular weight is 275 g/mol. The van der Waals surface area contributed by atoms with E-state index in [0.29, 0.717) is 11.1 Å². The molecular formula is C12H16BrFO. The SMILES string of the molecule is CCC(C)(C)OCc1cccc(F)c1Br. The molecule has 0 saturated carbocycles. The second-order valence-electron chi connectivity index (χ2n) is 4.11. The van der Waals surface area contributed by atoms with Crippen LogP contribution in [-0.4, -0.2) is 5.60 Å². The maximum absolute atomic E-state index is 13.2. The monoisotopic (exact) mass is 274 g/mol. The molecule has 0 atom stereocenters. The van der Waals surface area contributed by atoms with Gasteiger partial charge in [0.2, 0.25) is 0 Å². The third-order valence-corrected chi connectivity index (χ3v) is 3.39. The number of ether oxygens (including phenoxy) is 1. The van der Waals surface area contributed by atoms with Crippen molar-refractivity contribution < 1.29 is 9.13 Å². The number of rotatable bonds is 4. The zero-order chi connectivity index (χ0) is 11.5. The summed E-state index contributed by atoms with van der Waals surface area (Å²) in [5.41, 5.74) is 0.683. The molecule has 0 aliphatic carbocycles. The minimum Gasteiger partial charge on any atom is -0.371 e. The molecule has 1 rings (SSSR count). The van der Waals surface area contributed by atoms with Crippen LogP contribution in [0, 0.1) is 5.82 Å². The Labute approximate surface area is 98.8 Å². The van der Waals surface area contributed by atoms with Gasteiger partial charge in [0, 0.05) is 0 Å². The predicted molar refractivity (Wildman–Crippen MR) is 63.3 cm³/mol. The molecule has 0 aliphatic rings. The first-order valence-electron chi connectivity index (χ1n) is 5.03. The third kappa shape index (κ3) is 3.58. The van der Waals surface area contributed by atoms with E-state index in [1.54, 1.807) is 6.07 Å². The second-order valence-corrected chi connectivity index (χ2v) is 4.91. The van der Waals surface area contributed by atoms with Gasteiger partial charge < -0.3 is 4.74 Å². The first-order chi connectivity index (χ1) is 6.96. The minimum absolute atomic E-state index is 0.161. The largest absolute Gasteiger partial charge is 0.371 e. The van der Waals surface area contributed by atoms with Crippen LogP contribution in [0.25, 0.3) is 0 Å². The van der Waals surface area contributed by atoms with Crippen LogP contribution >= 0.6 is 15.9 Å². The fourth-order valence-corrected chi connectivity index (χ4v) is 1.41. The number of hydrogen-bond acceptors (Lipinski definition) is 1. The standard InChI is InChI=1S/C12H16BrFO/c1-4-12(2,3)15-8-9-6-5-7-10(14)11(9)13/h5-7H,4,8H2,1-3H3. The molecule has 0 N–H and O–H groups in total. The maximum Gasteiger partial charge on any atom is 0.137 e. The summed E-state index contributed by atoms with van der Waals surface area (Å²) in [6.07, 6.45) is 0.930. The van der Waals surface area contributed by atoms with E-state index in [2.05, 4.69) is 22.9 Å². The molecule has 0 bridgehead atoms. The molecule has 0 unspecified atom stereocenters. The fraction of sp³-hybridized carbons (Fsp3) is 0.500.